The van der Waals surface area contributed by atoms with Crippen molar-refractivity contribution in [1.29, 1.82) is 0 Å². The lowest BCUT2D eigenvalue weighted by molar-refractivity contribution is 0.0690. The number of rotatable bonds is 3. The predicted octanol–water partition coefficient (Wildman–Crippen LogP) is 0.631. The number of hydrogen-bond donors (Lipinski definition) is 4. The van der Waals surface area contributed by atoms with E-state index in [1.54, 1.807) is 18.2 Å². The average Bonchev–Trinajstić information content (AvgIpc) is 3.05. The minimum absolute atomic E-state index is 0.104. The molecule has 1 aromatic carbocycles. The topological polar surface area (TPSA) is 137 Å². The molecule has 2 heterocycles. The number of nitrogens with one attached hydrogen (secondary N) is 3. The van der Waals surface area contributed by atoms with Crippen molar-refractivity contribution in [3.8, 4) is 0 Å². The molecule has 0 saturated carbocycles. The summed E-state index contributed by atoms with van der Waals surface area (Å²) in [6.07, 6.45) is 0. The third-order valence-corrected chi connectivity index (χ3v) is 2.63. The van der Waals surface area contributed by atoms with Crippen LogP contribution in [0.4, 0.5) is 5.82 Å². The fourth-order valence-corrected chi connectivity index (χ4v) is 1.67. The van der Waals surface area contributed by atoms with Crippen LogP contribution in [-0.4, -0.2) is 42.6 Å². The number of aromatic amines is 2. The molecule has 0 aliphatic heterocycles. The van der Waals surface area contributed by atoms with Gasteiger partial charge in [0.2, 0.25) is 0 Å². The molecule has 9 nitrogen and oxygen atoms in total. The molecular weight excluding hydrogens is 264 g/mol. The Hall–Kier alpha value is -3.23. The molecule has 20 heavy (non-hydrogen) atoms. The van der Waals surface area contributed by atoms with Gasteiger partial charge in [-0.3, -0.25) is 9.89 Å². The van der Waals surface area contributed by atoms with Crippen LogP contribution >= 0.6 is 0 Å². The molecule has 3 aromatic rings. The zero-order valence-electron chi connectivity index (χ0n) is 9.91. The molecule has 4 N–H and O–H groups in total. The van der Waals surface area contributed by atoms with E-state index in [1.165, 1.54) is 6.07 Å². The first kappa shape index (κ1) is 11.8. The minimum Gasteiger partial charge on any atom is -0.477 e. The number of carbonyl (C=O) groups is 2. The van der Waals surface area contributed by atoms with Gasteiger partial charge in [0.1, 0.15) is 16.7 Å². The van der Waals surface area contributed by atoms with Crippen LogP contribution in [0, 0.1) is 0 Å². The van der Waals surface area contributed by atoms with E-state index in [4.69, 9.17) is 5.11 Å². The van der Waals surface area contributed by atoms with Crippen LogP contribution in [0.25, 0.3) is 11.0 Å². The summed E-state index contributed by atoms with van der Waals surface area (Å²) >= 11 is 0. The zero-order chi connectivity index (χ0) is 14.1. The van der Waals surface area contributed by atoms with Gasteiger partial charge in [-0.15, -0.1) is 0 Å². The molecular formula is C11H8N6O3. The molecule has 0 radical (unpaired) electrons. The molecule has 1 amide bonds. The molecule has 3 rings (SSSR count). The molecule has 2 aromatic heterocycles. The highest BCUT2D eigenvalue weighted by Gasteiger charge is 2.12. The van der Waals surface area contributed by atoms with E-state index >= 15 is 0 Å². The maximum atomic E-state index is 12.0. The number of hydrogen-bond acceptors (Lipinski definition) is 5. The summed E-state index contributed by atoms with van der Waals surface area (Å²) in [5.41, 5.74) is 1.47. The van der Waals surface area contributed by atoms with Gasteiger partial charge in [0, 0.05) is 11.6 Å². The van der Waals surface area contributed by atoms with Gasteiger partial charge in [0.15, 0.2) is 5.82 Å². The van der Waals surface area contributed by atoms with Gasteiger partial charge >= 0.3 is 5.97 Å². The highest BCUT2D eigenvalue weighted by molar-refractivity contribution is 6.05. The second-order valence-electron chi connectivity index (χ2n) is 3.95. The van der Waals surface area contributed by atoms with E-state index in [-0.39, 0.29) is 11.5 Å². The zero-order valence-corrected chi connectivity index (χ0v) is 9.91. The Balaban J connectivity index is 1.82. The molecule has 0 spiro atoms. The second kappa shape index (κ2) is 4.46. The normalized spacial score (nSPS) is 10.6. The van der Waals surface area contributed by atoms with Crippen molar-refractivity contribution in [3.63, 3.8) is 0 Å². The minimum atomic E-state index is -1.15. The standard InChI is InChI=1S/C11H8N6O3/c18-10(12-9-4-8(11(19)20)13-16-9)5-1-2-6-7(3-5)15-17-14-6/h1-4H,(H,19,20)(H,14,15,17)(H2,12,13,16,18). The fraction of sp³-hybridized carbons (Fsp3) is 0. The number of carboxylic acids is 1. The molecule has 9 heteroatoms. The number of nitrogens with zero attached hydrogens (tertiary/aromatic N) is 3. The third-order valence-electron chi connectivity index (χ3n) is 2.63. The van der Waals surface area contributed by atoms with E-state index in [0.717, 1.165) is 0 Å². The largest absolute Gasteiger partial charge is 0.477 e. The second-order valence-corrected chi connectivity index (χ2v) is 3.95. The van der Waals surface area contributed by atoms with E-state index in [1.807, 2.05) is 0 Å². The van der Waals surface area contributed by atoms with Gasteiger partial charge in [-0.1, -0.05) is 0 Å². The highest BCUT2D eigenvalue weighted by Crippen LogP contribution is 2.13. The first-order valence-corrected chi connectivity index (χ1v) is 5.54. The van der Waals surface area contributed by atoms with Crippen molar-refractivity contribution >= 4 is 28.7 Å². The van der Waals surface area contributed by atoms with Gasteiger partial charge in [-0.2, -0.15) is 20.5 Å². The smallest absolute Gasteiger partial charge is 0.353 e. The summed E-state index contributed by atoms with van der Waals surface area (Å²) in [7, 11) is 0. The first-order valence-electron chi connectivity index (χ1n) is 5.54. The molecule has 0 aliphatic rings. The van der Waals surface area contributed by atoms with Crippen LogP contribution in [0.5, 0.6) is 0 Å². The molecule has 0 saturated heterocycles. The SMILES string of the molecule is O=C(Nc1cc(C(=O)O)[nH]n1)c1ccc2n[nH]nc2c1. The molecule has 0 fully saturated rings. The Morgan fingerprint density at radius 1 is 1.10 bits per heavy atom. The number of amides is 1. The first-order chi connectivity index (χ1) is 9.63. The molecule has 0 aliphatic carbocycles. The van der Waals surface area contributed by atoms with E-state index in [0.29, 0.717) is 16.6 Å². The lowest BCUT2D eigenvalue weighted by Crippen LogP contribution is -2.12. The molecule has 0 bridgehead atoms. The van der Waals surface area contributed by atoms with Crippen molar-refractivity contribution in [2.75, 3.05) is 5.32 Å². The predicted molar refractivity (Wildman–Crippen MR) is 67.4 cm³/mol. The van der Waals surface area contributed by atoms with Gasteiger partial charge in [-0.05, 0) is 18.2 Å². The van der Waals surface area contributed by atoms with Crippen LogP contribution in [0.2, 0.25) is 0 Å². The van der Waals surface area contributed by atoms with Gasteiger partial charge in [-0.25, -0.2) is 4.79 Å². The molecule has 0 unspecified atom stereocenters. The Morgan fingerprint density at radius 3 is 2.65 bits per heavy atom. The maximum absolute atomic E-state index is 12.0. The number of fused-ring (bicyclic) bond motifs is 1. The van der Waals surface area contributed by atoms with E-state index < -0.39 is 11.9 Å². The van der Waals surface area contributed by atoms with E-state index in [2.05, 4.69) is 30.9 Å². The lowest BCUT2D eigenvalue weighted by Gasteiger charge is -2.00. The van der Waals surface area contributed by atoms with Crippen molar-refractivity contribution in [1.82, 2.24) is 25.6 Å². The van der Waals surface area contributed by atoms with E-state index in [9.17, 15) is 9.59 Å². The van der Waals surface area contributed by atoms with Crippen LogP contribution in [0.3, 0.4) is 0 Å². The summed E-state index contributed by atoms with van der Waals surface area (Å²) in [6, 6.07) is 6.04. The number of aromatic nitrogens is 5. The maximum Gasteiger partial charge on any atom is 0.353 e. The van der Waals surface area contributed by atoms with Crippen molar-refractivity contribution in [2.45, 2.75) is 0 Å². The Bertz CT molecular complexity index is 805. The average molecular weight is 272 g/mol. The fourth-order valence-electron chi connectivity index (χ4n) is 1.67. The monoisotopic (exact) mass is 272 g/mol. The number of anilines is 1. The number of aromatic carboxylic acids is 1. The third kappa shape index (κ3) is 2.07. The number of H-pyrrole nitrogens is 2. The van der Waals surface area contributed by atoms with Crippen LogP contribution in [-0.2, 0) is 0 Å². The van der Waals surface area contributed by atoms with Crippen LogP contribution in [0.15, 0.2) is 24.3 Å². The van der Waals surface area contributed by atoms with Gasteiger partial charge in [0.25, 0.3) is 5.91 Å². The number of carbonyl (C=O) groups excluding carboxylic acids is 1. The van der Waals surface area contributed by atoms with Gasteiger partial charge in [0.05, 0.1) is 0 Å². The summed E-state index contributed by atoms with van der Waals surface area (Å²) in [6.45, 7) is 0. The number of benzene rings is 1. The summed E-state index contributed by atoms with van der Waals surface area (Å²) in [5, 5.41) is 27.4. The Morgan fingerprint density at radius 2 is 1.90 bits per heavy atom. The highest BCUT2D eigenvalue weighted by atomic mass is 16.4. The van der Waals surface area contributed by atoms with Gasteiger partial charge < -0.3 is 10.4 Å². The summed E-state index contributed by atoms with van der Waals surface area (Å²) < 4.78 is 0. The Kier molecular flexibility index (Phi) is 2.64. The summed E-state index contributed by atoms with van der Waals surface area (Å²) in [4.78, 5) is 22.7. The summed E-state index contributed by atoms with van der Waals surface area (Å²) in [5.74, 6) is -1.44. The quantitative estimate of drug-likeness (QED) is 0.552. The van der Waals surface area contributed by atoms with Crippen molar-refractivity contribution < 1.29 is 14.7 Å². The number of carboxylic acid groups (broad SMARTS) is 1. The molecule has 100 valence electrons. The van der Waals surface area contributed by atoms with Crippen molar-refractivity contribution in [2.24, 2.45) is 0 Å². The van der Waals surface area contributed by atoms with Crippen LogP contribution in [0.1, 0.15) is 20.8 Å². The van der Waals surface area contributed by atoms with Crippen LogP contribution < -0.4 is 5.32 Å². The Labute approximate surface area is 111 Å². The molecule has 0 atom stereocenters. The van der Waals surface area contributed by atoms with Crippen molar-refractivity contribution in [3.05, 3.63) is 35.5 Å². The lowest BCUT2D eigenvalue weighted by atomic mass is 10.2.